The molecule has 0 atom stereocenters. The van der Waals surface area contributed by atoms with Crippen molar-refractivity contribution in [3.05, 3.63) is 0 Å². The molecular formula is C11H29N3OSi. The van der Waals surface area contributed by atoms with Gasteiger partial charge in [0.2, 0.25) is 0 Å². The molecule has 0 aromatic rings. The molecule has 3 N–H and O–H groups in total. The lowest BCUT2D eigenvalue weighted by Gasteiger charge is -2.33. The van der Waals surface area contributed by atoms with Gasteiger partial charge < -0.3 is 4.43 Å². The average Bonchev–Trinajstić information content (AvgIpc) is 2.17. The minimum Gasteiger partial charge on any atom is -0.380 e. The molecule has 0 aliphatic carbocycles. The van der Waals surface area contributed by atoms with Crippen molar-refractivity contribution in [2.24, 2.45) is 0 Å². The monoisotopic (exact) mass is 247 g/mol. The summed E-state index contributed by atoms with van der Waals surface area (Å²) in [7, 11) is -2.15. The third-order valence-corrected chi connectivity index (χ3v) is 5.48. The van der Waals surface area contributed by atoms with Crippen LogP contribution in [0.4, 0.5) is 0 Å². The van der Waals surface area contributed by atoms with Gasteiger partial charge in [-0.15, -0.1) is 0 Å². The van der Waals surface area contributed by atoms with Crippen molar-refractivity contribution >= 4 is 8.80 Å². The van der Waals surface area contributed by atoms with E-state index in [1.54, 1.807) is 0 Å². The van der Waals surface area contributed by atoms with Gasteiger partial charge in [0.15, 0.2) is 0 Å². The van der Waals surface area contributed by atoms with E-state index in [1.165, 1.54) is 6.42 Å². The molecule has 0 aliphatic heterocycles. The zero-order valence-corrected chi connectivity index (χ0v) is 12.5. The van der Waals surface area contributed by atoms with Crippen LogP contribution in [0.2, 0.25) is 0 Å². The molecule has 4 nitrogen and oxygen atoms in total. The Morgan fingerprint density at radius 1 is 1.06 bits per heavy atom. The first-order chi connectivity index (χ1) is 7.60. The predicted octanol–water partition coefficient (Wildman–Crippen LogP) is 1.46. The SMILES string of the molecule is CCCCO[Si](NCC)(NCC)NC(C)C. The van der Waals surface area contributed by atoms with Gasteiger partial charge in [0.05, 0.1) is 0 Å². The normalized spacial score (nSPS) is 12.4. The smallest absolute Gasteiger partial charge is 0.380 e. The van der Waals surface area contributed by atoms with Crippen LogP contribution in [0.25, 0.3) is 0 Å². The van der Waals surface area contributed by atoms with Crippen LogP contribution in [0.5, 0.6) is 0 Å². The molecule has 0 radical (unpaired) electrons. The molecule has 0 spiro atoms. The molecular weight excluding hydrogens is 218 g/mol. The van der Waals surface area contributed by atoms with Gasteiger partial charge in [0.1, 0.15) is 0 Å². The largest absolute Gasteiger partial charge is 0.440 e. The molecule has 0 saturated carbocycles. The van der Waals surface area contributed by atoms with Crippen LogP contribution < -0.4 is 14.9 Å². The second-order valence-electron chi connectivity index (χ2n) is 4.24. The lowest BCUT2D eigenvalue weighted by molar-refractivity contribution is 0.259. The van der Waals surface area contributed by atoms with Crippen LogP contribution in [0, 0.1) is 0 Å². The maximum atomic E-state index is 6.07. The van der Waals surface area contributed by atoms with Gasteiger partial charge in [-0.05, 0) is 25.6 Å². The highest BCUT2D eigenvalue weighted by atomic mass is 28.4. The molecule has 98 valence electrons. The number of hydrogen-bond acceptors (Lipinski definition) is 4. The standard InChI is InChI=1S/C11H29N3OSi/c1-6-9-10-15-16(12-7-2,13-8-3)14-11(4)5/h11-14H,6-10H2,1-5H3. The molecule has 0 aliphatic rings. The molecule has 16 heavy (non-hydrogen) atoms. The Morgan fingerprint density at radius 2 is 1.62 bits per heavy atom. The molecule has 0 saturated heterocycles. The summed E-state index contributed by atoms with van der Waals surface area (Å²) >= 11 is 0. The van der Waals surface area contributed by atoms with Crippen LogP contribution in [0.1, 0.15) is 47.5 Å². The highest BCUT2D eigenvalue weighted by Crippen LogP contribution is 1.98. The van der Waals surface area contributed by atoms with Crippen molar-refractivity contribution in [1.29, 1.82) is 0 Å². The number of nitrogens with one attached hydrogen (secondary N) is 3. The predicted molar refractivity (Wildman–Crippen MR) is 72.2 cm³/mol. The van der Waals surface area contributed by atoms with Gasteiger partial charge >= 0.3 is 8.80 Å². The van der Waals surface area contributed by atoms with Gasteiger partial charge in [0.25, 0.3) is 0 Å². The maximum absolute atomic E-state index is 6.07. The Labute approximate surface area is 102 Å². The molecule has 0 heterocycles. The second kappa shape index (κ2) is 9.12. The van der Waals surface area contributed by atoms with Crippen molar-refractivity contribution in [2.75, 3.05) is 19.7 Å². The molecule has 5 heteroatoms. The van der Waals surface area contributed by atoms with Crippen LogP contribution in [-0.2, 0) is 4.43 Å². The summed E-state index contributed by atoms with van der Waals surface area (Å²) < 4.78 is 6.07. The average molecular weight is 247 g/mol. The fraction of sp³-hybridized carbons (Fsp3) is 1.00. The zero-order chi connectivity index (χ0) is 12.4. The summed E-state index contributed by atoms with van der Waals surface area (Å²) in [6.45, 7) is 13.4. The van der Waals surface area contributed by atoms with Gasteiger partial charge in [-0.1, -0.05) is 41.0 Å². The van der Waals surface area contributed by atoms with E-state index in [0.29, 0.717) is 6.04 Å². The third-order valence-electron chi connectivity index (χ3n) is 2.16. The minimum atomic E-state index is -2.15. The van der Waals surface area contributed by atoms with Crippen molar-refractivity contribution in [3.8, 4) is 0 Å². The van der Waals surface area contributed by atoms with Crippen molar-refractivity contribution in [2.45, 2.75) is 53.5 Å². The topological polar surface area (TPSA) is 45.3 Å². The van der Waals surface area contributed by atoms with Crippen LogP contribution in [0.3, 0.4) is 0 Å². The number of rotatable bonds is 10. The lowest BCUT2D eigenvalue weighted by Crippen LogP contribution is -2.75. The van der Waals surface area contributed by atoms with Gasteiger partial charge in [0, 0.05) is 6.61 Å². The maximum Gasteiger partial charge on any atom is 0.440 e. The first-order valence-electron chi connectivity index (χ1n) is 6.51. The Balaban J connectivity index is 4.37. The van der Waals surface area contributed by atoms with Crippen molar-refractivity contribution in [1.82, 2.24) is 14.9 Å². The summed E-state index contributed by atoms with van der Waals surface area (Å²) in [5.41, 5.74) is 0. The second-order valence-corrected chi connectivity index (χ2v) is 6.89. The molecule has 0 bridgehead atoms. The van der Waals surface area contributed by atoms with E-state index < -0.39 is 8.80 Å². The highest BCUT2D eigenvalue weighted by molar-refractivity contribution is 6.66. The highest BCUT2D eigenvalue weighted by Gasteiger charge is 2.36. The number of hydrogen-bond donors (Lipinski definition) is 3. The van der Waals surface area contributed by atoms with E-state index in [9.17, 15) is 0 Å². The lowest BCUT2D eigenvalue weighted by atomic mass is 10.4. The third kappa shape index (κ3) is 6.60. The summed E-state index contributed by atoms with van der Waals surface area (Å²) in [4.78, 5) is 10.5. The Bertz CT molecular complexity index is 161. The molecule has 0 rings (SSSR count). The molecule has 0 fully saturated rings. The minimum absolute atomic E-state index is 0.423. The molecule has 0 aromatic carbocycles. The molecule has 0 unspecified atom stereocenters. The Kier molecular flexibility index (Phi) is 9.16. The molecule has 0 amide bonds. The zero-order valence-electron chi connectivity index (χ0n) is 11.5. The Hall–Kier alpha value is 0.0569. The fourth-order valence-corrected chi connectivity index (χ4v) is 4.46. The van der Waals surface area contributed by atoms with Gasteiger partial charge in [-0.3, -0.25) is 14.9 Å². The van der Waals surface area contributed by atoms with E-state index >= 15 is 0 Å². The van der Waals surface area contributed by atoms with E-state index in [0.717, 1.165) is 26.1 Å². The quantitative estimate of drug-likeness (QED) is 0.404. The van der Waals surface area contributed by atoms with Crippen LogP contribution in [-0.4, -0.2) is 34.5 Å². The number of unbranched alkanes of at least 4 members (excludes halogenated alkanes) is 1. The van der Waals surface area contributed by atoms with E-state index in [2.05, 4.69) is 49.6 Å². The first kappa shape index (κ1) is 16.1. The summed E-state index contributed by atoms with van der Waals surface area (Å²) in [6, 6.07) is 0.423. The summed E-state index contributed by atoms with van der Waals surface area (Å²) in [5, 5.41) is 0. The Morgan fingerprint density at radius 3 is 2.00 bits per heavy atom. The first-order valence-corrected chi connectivity index (χ1v) is 8.42. The summed E-state index contributed by atoms with van der Waals surface area (Å²) in [5.74, 6) is 0. The van der Waals surface area contributed by atoms with E-state index in [-0.39, 0.29) is 0 Å². The van der Waals surface area contributed by atoms with Crippen LogP contribution in [0.15, 0.2) is 0 Å². The molecule has 0 aromatic heterocycles. The van der Waals surface area contributed by atoms with Crippen molar-refractivity contribution < 1.29 is 4.43 Å². The van der Waals surface area contributed by atoms with E-state index in [4.69, 9.17) is 4.43 Å². The van der Waals surface area contributed by atoms with E-state index in [1.807, 2.05) is 0 Å². The van der Waals surface area contributed by atoms with Gasteiger partial charge in [-0.2, -0.15) is 0 Å². The summed E-state index contributed by atoms with van der Waals surface area (Å²) in [6.07, 6.45) is 2.29. The van der Waals surface area contributed by atoms with Crippen LogP contribution >= 0.6 is 0 Å². The van der Waals surface area contributed by atoms with Gasteiger partial charge in [-0.25, -0.2) is 0 Å². The van der Waals surface area contributed by atoms with Crippen molar-refractivity contribution in [3.63, 3.8) is 0 Å². The fourth-order valence-electron chi connectivity index (χ4n) is 1.58.